The van der Waals surface area contributed by atoms with Gasteiger partial charge in [-0.1, -0.05) is 19.3 Å². The topological polar surface area (TPSA) is 79.5 Å². The molecule has 5 heteroatoms. The van der Waals surface area contributed by atoms with E-state index in [0.717, 1.165) is 32.1 Å². The van der Waals surface area contributed by atoms with Crippen LogP contribution in [0.5, 0.6) is 0 Å². The van der Waals surface area contributed by atoms with Crippen molar-refractivity contribution in [3.8, 4) is 0 Å². The minimum absolute atomic E-state index is 0.0344. The summed E-state index contributed by atoms with van der Waals surface area (Å²) in [5, 5.41) is 11.8. The molecule has 1 aromatic heterocycles. The van der Waals surface area contributed by atoms with Crippen LogP contribution in [0.1, 0.15) is 42.5 Å². The fourth-order valence-electron chi connectivity index (χ4n) is 2.47. The van der Waals surface area contributed by atoms with Crippen LogP contribution in [0.3, 0.4) is 0 Å². The molecule has 1 heterocycles. The van der Waals surface area contributed by atoms with Crippen LogP contribution in [-0.2, 0) is 4.79 Å². The van der Waals surface area contributed by atoms with Crippen molar-refractivity contribution in [2.45, 2.75) is 38.1 Å². The summed E-state index contributed by atoms with van der Waals surface area (Å²) in [7, 11) is 0. The number of rotatable bonds is 4. The first kappa shape index (κ1) is 12.7. The van der Waals surface area contributed by atoms with Gasteiger partial charge in [-0.05, 0) is 24.8 Å². The predicted octanol–water partition coefficient (Wildman–Crippen LogP) is 2.04. The van der Waals surface area contributed by atoms with Crippen LogP contribution in [0.25, 0.3) is 0 Å². The first-order valence-corrected chi connectivity index (χ1v) is 6.24. The van der Waals surface area contributed by atoms with Crippen molar-refractivity contribution in [3.63, 3.8) is 0 Å². The molecule has 0 spiro atoms. The summed E-state index contributed by atoms with van der Waals surface area (Å²) in [6.45, 7) is 0. The molecule has 0 saturated heterocycles. The maximum atomic E-state index is 11.8. The summed E-state index contributed by atoms with van der Waals surface area (Å²) in [5.74, 6) is -1.31. The van der Waals surface area contributed by atoms with Gasteiger partial charge in [-0.3, -0.25) is 4.79 Å². The number of carboxylic acids is 1. The molecule has 98 valence electrons. The van der Waals surface area contributed by atoms with Gasteiger partial charge >= 0.3 is 5.97 Å². The molecule has 5 nitrogen and oxygen atoms in total. The first-order chi connectivity index (χ1) is 8.68. The number of carbonyl (C=O) groups excluding carboxylic acids is 1. The van der Waals surface area contributed by atoms with Crippen molar-refractivity contribution >= 4 is 11.9 Å². The summed E-state index contributed by atoms with van der Waals surface area (Å²) >= 11 is 0. The second-order valence-corrected chi connectivity index (χ2v) is 4.70. The van der Waals surface area contributed by atoms with Gasteiger partial charge in [0.15, 0.2) is 0 Å². The number of hydrogen-bond acceptors (Lipinski definition) is 3. The van der Waals surface area contributed by atoms with Gasteiger partial charge in [-0.2, -0.15) is 0 Å². The lowest BCUT2D eigenvalue weighted by Gasteiger charge is -2.27. The summed E-state index contributed by atoms with van der Waals surface area (Å²) in [5.41, 5.74) is 0.358. The van der Waals surface area contributed by atoms with Gasteiger partial charge in [-0.25, -0.2) is 4.79 Å². The molecule has 1 atom stereocenters. The van der Waals surface area contributed by atoms with Crippen molar-refractivity contribution in [2.75, 3.05) is 0 Å². The van der Waals surface area contributed by atoms with Gasteiger partial charge < -0.3 is 14.8 Å². The standard InChI is InChI=1S/C13H17NO4/c15-12(10-6-7-18-8-10)14-11(13(16)17)9-4-2-1-3-5-9/h6-9,11H,1-5H2,(H,14,15)(H,16,17). The molecular weight excluding hydrogens is 234 g/mol. The molecule has 1 aliphatic carbocycles. The molecule has 1 aliphatic rings. The lowest BCUT2D eigenvalue weighted by molar-refractivity contribution is -0.141. The summed E-state index contributed by atoms with van der Waals surface area (Å²) in [4.78, 5) is 23.1. The maximum Gasteiger partial charge on any atom is 0.326 e. The third-order valence-corrected chi connectivity index (χ3v) is 3.46. The van der Waals surface area contributed by atoms with Crippen LogP contribution in [0.15, 0.2) is 23.0 Å². The summed E-state index contributed by atoms with van der Waals surface area (Å²) in [6, 6.07) is 0.725. The first-order valence-electron chi connectivity index (χ1n) is 6.24. The Hall–Kier alpha value is -1.78. The molecule has 0 aliphatic heterocycles. The minimum Gasteiger partial charge on any atom is -0.480 e. The van der Waals surface area contributed by atoms with Crippen molar-refractivity contribution < 1.29 is 19.1 Å². The molecule has 1 unspecified atom stereocenters. The highest BCUT2D eigenvalue weighted by atomic mass is 16.4. The fraction of sp³-hybridized carbons (Fsp3) is 0.538. The number of amides is 1. The lowest BCUT2D eigenvalue weighted by atomic mass is 9.84. The van der Waals surface area contributed by atoms with E-state index in [1.807, 2.05) is 0 Å². The summed E-state index contributed by atoms with van der Waals surface area (Å²) in [6.07, 6.45) is 7.66. The Bertz CT molecular complexity index is 407. The fourth-order valence-corrected chi connectivity index (χ4v) is 2.47. The average molecular weight is 251 g/mol. The number of hydrogen-bond donors (Lipinski definition) is 2. The normalized spacial score (nSPS) is 18.2. The highest BCUT2D eigenvalue weighted by Gasteiger charge is 2.31. The average Bonchev–Trinajstić information content (AvgIpc) is 2.90. The zero-order valence-corrected chi connectivity index (χ0v) is 10.1. The predicted molar refractivity (Wildman–Crippen MR) is 64.2 cm³/mol. The van der Waals surface area contributed by atoms with E-state index in [1.54, 1.807) is 0 Å². The summed E-state index contributed by atoms with van der Waals surface area (Å²) < 4.78 is 4.81. The highest BCUT2D eigenvalue weighted by molar-refractivity contribution is 5.96. The van der Waals surface area contributed by atoms with Gasteiger partial charge in [0.2, 0.25) is 0 Å². The molecule has 0 bridgehead atoms. The zero-order chi connectivity index (χ0) is 13.0. The molecule has 1 aromatic rings. The van der Waals surface area contributed by atoms with Gasteiger partial charge in [-0.15, -0.1) is 0 Å². The van der Waals surface area contributed by atoms with Crippen molar-refractivity contribution in [2.24, 2.45) is 5.92 Å². The lowest BCUT2D eigenvalue weighted by Crippen LogP contribution is -2.46. The van der Waals surface area contributed by atoms with E-state index >= 15 is 0 Å². The van der Waals surface area contributed by atoms with Crippen LogP contribution in [0.4, 0.5) is 0 Å². The largest absolute Gasteiger partial charge is 0.480 e. The second kappa shape index (κ2) is 5.71. The van der Waals surface area contributed by atoms with E-state index in [1.165, 1.54) is 18.6 Å². The molecule has 18 heavy (non-hydrogen) atoms. The van der Waals surface area contributed by atoms with Gasteiger partial charge in [0.25, 0.3) is 5.91 Å². The van der Waals surface area contributed by atoms with E-state index in [4.69, 9.17) is 4.42 Å². The van der Waals surface area contributed by atoms with E-state index in [9.17, 15) is 14.7 Å². The number of furan rings is 1. The molecule has 1 saturated carbocycles. The van der Waals surface area contributed by atoms with Crippen LogP contribution in [0, 0.1) is 5.92 Å². The molecular formula is C13H17NO4. The number of aliphatic carboxylic acids is 1. The molecule has 0 aromatic carbocycles. The molecule has 2 rings (SSSR count). The van der Waals surface area contributed by atoms with Crippen molar-refractivity contribution in [1.29, 1.82) is 0 Å². The second-order valence-electron chi connectivity index (χ2n) is 4.70. The van der Waals surface area contributed by atoms with E-state index in [2.05, 4.69) is 5.32 Å². The third kappa shape index (κ3) is 2.91. The maximum absolute atomic E-state index is 11.8. The zero-order valence-electron chi connectivity index (χ0n) is 10.1. The minimum atomic E-state index is -0.959. The van der Waals surface area contributed by atoms with Crippen LogP contribution in [0.2, 0.25) is 0 Å². The van der Waals surface area contributed by atoms with E-state index in [-0.39, 0.29) is 11.8 Å². The van der Waals surface area contributed by atoms with E-state index < -0.39 is 12.0 Å². The van der Waals surface area contributed by atoms with Crippen LogP contribution >= 0.6 is 0 Å². The van der Waals surface area contributed by atoms with Gasteiger partial charge in [0.1, 0.15) is 12.3 Å². The molecule has 1 fully saturated rings. The van der Waals surface area contributed by atoms with Gasteiger partial charge in [0, 0.05) is 0 Å². The third-order valence-electron chi connectivity index (χ3n) is 3.46. The quantitative estimate of drug-likeness (QED) is 0.858. The van der Waals surface area contributed by atoms with Crippen molar-refractivity contribution in [3.05, 3.63) is 24.2 Å². The van der Waals surface area contributed by atoms with Crippen LogP contribution < -0.4 is 5.32 Å². The van der Waals surface area contributed by atoms with Crippen molar-refractivity contribution in [1.82, 2.24) is 5.32 Å². The Balaban J connectivity index is 2.02. The number of carbonyl (C=O) groups is 2. The highest BCUT2D eigenvalue weighted by Crippen LogP contribution is 2.26. The Labute approximate surface area is 105 Å². The van der Waals surface area contributed by atoms with E-state index in [0.29, 0.717) is 5.56 Å². The van der Waals surface area contributed by atoms with Crippen LogP contribution in [-0.4, -0.2) is 23.0 Å². The van der Waals surface area contributed by atoms with Gasteiger partial charge in [0.05, 0.1) is 11.8 Å². The monoisotopic (exact) mass is 251 g/mol. The Morgan fingerprint density at radius 2 is 2.06 bits per heavy atom. The Morgan fingerprint density at radius 1 is 1.33 bits per heavy atom. The molecule has 1 amide bonds. The SMILES string of the molecule is O=C(NC(C(=O)O)C1CCCCC1)c1ccoc1. The molecule has 0 radical (unpaired) electrons. The Kier molecular flexibility index (Phi) is 4.02. The smallest absolute Gasteiger partial charge is 0.326 e. The molecule has 2 N–H and O–H groups in total. The Morgan fingerprint density at radius 3 is 2.61 bits per heavy atom. The number of carboxylic acid groups (broad SMARTS) is 1. The number of nitrogens with one attached hydrogen (secondary N) is 1.